The molecule has 5 rings (SSSR count). The van der Waals surface area contributed by atoms with Gasteiger partial charge in [-0.15, -0.1) is 12.4 Å². The van der Waals surface area contributed by atoms with Crippen LogP contribution in [-0.2, 0) is 9.59 Å². The van der Waals surface area contributed by atoms with Gasteiger partial charge >= 0.3 is 5.97 Å². The number of carbonyl (C=O) groups excluding carboxylic acids is 2. The Morgan fingerprint density at radius 3 is 1.93 bits per heavy atom. The summed E-state index contributed by atoms with van der Waals surface area (Å²) in [4.78, 5) is 43.2. The summed E-state index contributed by atoms with van der Waals surface area (Å²) in [5.41, 5.74) is 2.57. The average Bonchev–Trinajstić information content (AvgIpc) is 2.99. The fraction of sp³-hybridized carbons (Fsp3) is 0.344. The number of carbonyl (C=O) groups is 3. The molecule has 0 radical (unpaired) electrons. The number of rotatable bonds is 7. The molecule has 2 atom stereocenters. The minimum atomic E-state index is -1.17. The van der Waals surface area contributed by atoms with Crippen molar-refractivity contribution in [2.45, 2.75) is 31.7 Å². The molecule has 2 amide bonds. The highest BCUT2D eigenvalue weighted by atomic mass is 35.5. The quantitative estimate of drug-likeness (QED) is 0.342. The number of piperazine rings is 1. The molecule has 3 aromatic rings. The van der Waals surface area contributed by atoms with Crippen LogP contribution in [-0.4, -0.2) is 58.9 Å². The molecule has 1 aliphatic heterocycles. The molecule has 3 aromatic carbocycles. The Balaban J connectivity index is 0.00000387. The highest BCUT2D eigenvalue weighted by molar-refractivity contribution is 6.31. The summed E-state index contributed by atoms with van der Waals surface area (Å²) in [7, 11) is 0. The third-order valence-electron chi connectivity index (χ3n) is 8.11. The Hall–Kier alpha value is -3.39. The van der Waals surface area contributed by atoms with Gasteiger partial charge in [0.2, 0.25) is 11.8 Å². The molecule has 41 heavy (non-hydrogen) atoms. The van der Waals surface area contributed by atoms with Crippen LogP contribution in [0.1, 0.15) is 53.2 Å². The van der Waals surface area contributed by atoms with Crippen LogP contribution < -0.4 is 5.32 Å². The largest absolute Gasteiger partial charge is 0.478 e. The monoisotopic (exact) mass is 595 g/mol. The topological polar surface area (TPSA) is 89.9 Å². The maximum atomic E-state index is 13.8. The van der Waals surface area contributed by atoms with Gasteiger partial charge in [0.25, 0.3) is 0 Å². The van der Waals surface area contributed by atoms with Gasteiger partial charge in [0.05, 0.1) is 17.3 Å². The highest BCUT2D eigenvalue weighted by Crippen LogP contribution is 2.35. The first-order valence-corrected chi connectivity index (χ1v) is 14.3. The summed E-state index contributed by atoms with van der Waals surface area (Å²) >= 11 is 5.97. The summed E-state index contributed by atoms with van der Waals surface area (Å²) < 4.78 is 0. The molecule has 2 N–H and O–H groups in total. The number of benzene rings is 3. The second-order valence-corrected chi connectivity index (χ2v) is 11.0. The van der Waals surface area contributed by atoms with Gasteiger partial charge in [0.1, 0.15) is 0 Å². The molecule has 7 nitrogen and oxygen atoms in total. The van der Waals surface area contributed by atoms with E-state index < -0.39 is 17.8 Å². The van der Waals surface area contributed by atoms with Crippen molar-refractivity contribution in [2.75, 3.05) is 31.5 Å². The Kier molecular flexibility index (Phi) is 10.4. The first-order valence-electron chi connectivity index (χ1n) is 13.9. The lowest BCUT2D eigenvalue weighted by atomic mass is 9.77. The van der Waals surface area contributed by atoms with Crippen molar-refractivity contribution in [3.63, 3.8) is 0 Å². The molecule has 1 heterocycles. The molecular formula is C32H35Cl2N3O4. The summed E-state index contributed by atoms with van der Waals surface area (Å²) in [5.74, 6) is -2.38. The molecule has 216 valence electrons. The Labute approximate surface area is 251 Å². The molecule has 0 bridgehead atoms. The van der Waals surface area contributed by atoms with Crippen LogP contribution in [0.4, 0.5) is 5.69 Å². The normalized spacial score (nSPS) is 19.3. The second kappa shape index (κ2) is 14.0. The lowest BCUT2D eigenvalue weighted by molar-refractivity contribution is -0.144. The molecule has 1 aliphatic carbocycles. The third-order valence-corrected chi connectivity index (χ3v) is 8.35. The standard InChI is InChI=1S/C32H34ClN3O4.ClH/c33-24-15-16-28(27(21-24)32(39)40)34-30(37)25-13-7-8-14-26(25)31(38)36-19-17-35(18-20-36)29(22-9-3-1-4-10-22)23-11-5-2-6-12-23;/h1-6,9-12,15-16,21,25-26,29H,7-8,13-14,17-20H2,(H,34,37)(H,39,40);1H/t25-,26-;/m0./s1. The van der Waals surface area contributed by atoms with E-state index in [1.54, 1.807) is 6.07 Å². The van der Waals surface area contributed by atoms with E-state index in [-0.39, 0.29) is 46.5 Å². The number of hydrogen-bond donors (Lipinski definition) is 2. The minimum absolute atomic E-state index is 0. The maximum absolute atomic E-state index is 13.8. The summed E-state index contributed by atoms with van der Waals surface area (Å²) in [6.45, 7) is 2.66. The van der Waals surface area contributed by atoms with Crippen molar-refractivity contribution < 1.29 is 19.5 Å². The fourth-order valence-corrected chi connectivity index (χ4v) is 6.26. The molecule has 2 fully saturated rings. The van der Waals surface area contributed by atoms with Gasteiger partial charge in [-0.3, -0.25) is 14.5 Å². The number of nitrogens with zero attached hydrogens (tertiary/aromatic N) is 2. The van der Waals surface area contributed by atoms with Crippen LogP contribution >= 0.6 is 24.0 Å². The minimum Gasteiger partial charge on any atom is -0.478 e. The van der Waals surface area contributed by atoms with Crippen molar-refractivity contribution in [3.8, 4) is 0 Å². The number of hydrogen-bond acceptors (Lipinski definition) is 4. The molecule has 0 unspecified atom stereocenters. The molecule has 1 saturated carbocycles. The third kappa shape index (κ3) is 7.10. The van der Waals surface area contributed by atoms with Crippen molar-refractivity contribution in [1.82, 2.24) is 9.80 Å². The highest BCUT2D eigenvalue weighted by Gasteiger charge is 2.39. The molecular weight excluding hydrogens is 561 g/mol. The number of carboxylic acid groups (broad SMARTS) is 1. The van der Waals surface area contributed by atoms with Gasteiger partial charge in [-0.2, -0.15) is 0 Å². The van der Waals surface area contributed by atoms with Crippen molar-refractivity contribution in [2.24, 2.45) is 11.8 Å². The number of anilines is 1. The predicted molar refractivity (Wildman–Crippen MR) is 163 cm³/mol. The van der Waals surface area contributed by atoms with E-state index in [9.17, 15) is 19.5 Å². The lowest BCUT2D eigenvalue weighted by Gasteiger charge is -2.42. The zero-order valence-corrected chi connectivity index (χ0v) is 24.3. The van der Waals surface area contributed by atoms with Crippen LogP contribution in [0, 0.1) is 11.8 Å². The smallest absolute Gasteiger partial charge is 0.337 e. The molecule has 9 heteroatoms. The molecule has 0 spiro atoms. The number of halogens is 2. The predicted octanol–water partition coefficient (Wildman–Crippen LogP) is 6.14. The first-order chi connectivity index (χ1) is 19.4. The van der Waals surface area contributed by atoms with E-state index in [0.717, 1.165) is 25.9 Å². The van der Waals surface area contributed by atoms with Crippen LogP contribution in [0.25, 0.3) is 0 Å². The van der Waals surface area contributed by atoms with Gasteiger partial charge in [-0.05, 0) is 42.2 Å². The summed E-state index contributed by atoms with van der Waals surface area (Å²) in [5, 5.41) is 12.6. The molecule has 2 aliphatic rings. The Morgan fingerprint density at radius 2 is 1.37 bits per heavy atom. The summed E-state index contributed by atoms with van der Waals surface area (Å²) in [6, 6.07) is 25.3. The van der Waals surface area contributed by atoms with Crippen molar-refractivity contribution >= 4 is 47.5 Å². The van der Waals surface area contributed by atoms with E-state index >= 15 is 0 Å². The zero-order chi connectivity index (χ0) is 28.1. The van der Waals surface area contributed by atoms with Gasteiger partial charge in [0, 0.05) is 43.0 Å². The SMILES string of the molecule is Cl.O=C(O)c1cc(Cl)ccc1NC(=O)[C@H]1CCCC[C@@H]1C(=O)N1CCN(C(c2ccccc2)c2ccccc2)CC1. The van der Waals surface area contributed by atoms with Crippen molar-refractivity contribution in [1.29, 1.82) is 0 Å². The molecule has 1 saturated heterocycles. The van der Waals surface area contributed by atoms with Crippen molar-refractivity contribution in [3.05, 3.63) is 101 Å². The van der Waals surface area contributed by atoms with Crippen LogP contribution in [0.3, 0.4) is 0 Å². The number of carboxylic acids is 1. The first kappa shape index (κ1) is 30.6. The van der Waals surface area contributed by atoms with Gasteiger partial charge in [-0.1, -0.05) is 85.1 Å². The average molecular weight is 597 g/mol. The number of amides is 2. The van der Waals surface area contributed by atoms with E-state index in [2.05, 4.69) is 58.7 Å². The van der Waals surface area contributed by atoms with Crippen LogP contribution in [0.15, 0.2) is 78.9 Å². The van der Waals surface area contributed by atoms with E-state index in [0.29, 0.717) is 25.9 Å². The lowest BCUT2D eigenvalue weighted by Crippen LogP contribution is -2.53. The van der Waals surface area contributed by atoms with Gasteiger partial charge in [0.15, 0.2) is 0 Å². The van der Waals surface area contributed by atoms with E-state index in [4.69, 9.17) is 11.6 Å². The summed E-state index contributed by atoms with van der Waals surface area (Å²) in [6.07, 6.45) is 3.01. The molecule has 0 aromatic heterocycles. The fourth-order valence-electron chi connectivity index (χ4n) is 6.09. The Bertz CT molecular complexity index is 1310. The van der Waals surface area contributed by atoms with Gasteiger partial charge in [-0.25, -0.2) is 4.79 Å². The number of aromatic carboxylic acids is 1. The van der Waals surface area contributed by atoms with E-state index in [1.165, 1.54) is 23.3 Å². The zero-order valence-electron chi connectivity index (χ0n) is 22.7. The maximum Gasteiger partial charge on any atom is 0.337 e. The van der Waals surface area contributed by atoms with Crippen LogP contribution in [0.5, 0.6) is 0 Å². The second-order valence-electron chi connectivity index (χ2n) is 10.6. The Morgan fingerprint density at radius 1 is 0.805 bits per heavy atom. The van der Waals surface area contributed by atoms with Crippen LogP contribution in [0.2, 0.25) is 5.02 Å². The van der Waals surface area contributed by atoms with E-state index in [1.807, 2.05) is 17.0 Å². The number of nitrogens with one attached hydrogen (secondary N) is 1. The van der Waals surface area contributed by atoms with Gasteiger partial charge < -0.3 is 15.3 Å².